The lowest BCUT2D eigenvalue weighted by Crippen LogP contribution is -2.07. The van der Waals surface area contributed by atoms with Gasteiger partial charge in [0.15, 0.2) is 0 Å². The maximum Gasteiger partial charge on any atom is 0.339 e. The molecule has 0 amide bonds. The normalized spacial score (nSPS) is 9.40. The maximum absolute atomic E-state index is 11.4. The molecule has 0 saturated heterocycles. The molecule has 0 aliphatic heterocycles. The van der Waals surface area contributed by atoms with Crippen LogP contribution in [0.4, 0.5) is 0 Å². The number of hydrogen-bond acceptors (Lipinski definition) is 4. The molecule has 4 nitrogen and oxygen atoms in total. The molecule has 1 aromatic rings. The topological polar surface area (TPSA) is 63.0 Å². The van der Waals surface area contributed by atoms with Crippen LogP contribution in [0.15, 0.2) is 12.3 Å². The molecule has 0 unspecified atom stereocenters. The van der Waals surface area contributed by atoms with Crippen LogP contribution in [0.5, 0.6) is 0 Å². The van der Waals surface area contributed by atoms with Crippen LogP contribution in [0, 0.1) is 18.3 Å². The van der Waals surface area contributed by atoms with Gasteiger partial charge in [0.2, 0.25) is 0 Å². The van der Waals surface area contributed by atoms with Crippen LogP contribution in [0.25, 0.3) is 0 Å². The summed E-state index contributed by atoms with van der Waals surface area (Å²) >= 11 is 0. The molecule has 0 aliphatic carbocycles. The average molecular weight is 204 g/mol. The molecular formula is C11H12N2O2. The number of esters is 1. The first-order valence-electron chi connectivity index (χ1n) is 4.60. The molecule has 0 atom stereocenters. The number of rotatable bonds is 3. The molecule has 1 heterocycles. The van der Waals surface area contributed by atoms with E-state index in [1.807, 2.05) is 19.1 Å². The Hall–Kier alpha value is -1.89. The number of aryl methyl sites for hydroxylation is 2. The highest BCUT2D eigenvalue weighted by atomic mass is 16.5. The molecule has 0 saturated carbocycles. The number of methoxy groups -OCH3 is 1. The SMILES string of the molecule is COC(=O)c1cnc(C)cc1CCC#N. The van der Waals surface area contributed by atoms with Crippen LogP contribution in [0.3, 0.4) is 0 Å². The third-order valence-electron chi connectivity index (χ3n) is 2.04. The van der Waals surface area contributed by atoms with E-state index in [0.717, 1.165) is 11.3 Å². The predicted octanol–water partition coefficient (Wildman–Crippen LogP) is 1.63. The first-order chi connectivity index (χ1) is 7.19. The fourth-order valence-corrected chi connectivity index (χ4v) is 1.31. The second-order valence-electron chi connectivity index (χ2n) is 3.13. The second kappa shape index (κ2) is 5.11. The van der Waals surface area contributed by atoms with Crippen molar-refractivity contribution in [2.75, 3.05) is 7.11 Å². The van der Waals surface area contributed by atoms with Crippen molar-refractivity contribution in [3.05, 3.63) is 29.1 Å². The molecule has 4 heteroatoms. The Bertz CT molecular complexity index is 408. The minimum atomic E-state index is -0.407. The van der Waals surface area contributed by atoms with Crippen molar-refractivity contribution >= 4 is 5.97 Å². The van der Waals surface area contributed by atoms with Gasteiger partial charge in [-0.3, -0.25) is 4.98 Å². The third-order valence-corrected chi connectivity index (χ3v) is 2.04. The number of aromatic nitrogens is 1. The standard InChI is InChI=1S/C11H12N2O2/c1-8-6-9(4-3-5-12)10(7-13-8)11(14)15-2/h6-7H,3-4H2,1-2H3. The summed E-state index contributed by atoms with van der Waals surface area (Å²) in [6.07, 6.45) is 2.42. The molecule has 0 aromatic carbocycles. The number of pyridine rings is 1. The highest BCUT2D eigenvalue weighted by Gasteiger charge is 2.11. The van der Waals surface area contributed by atoms with E-state index >= 15 is 0 Å². The summed E-state index contributed by atoms with van der Waals surface area (Å²) in [6, 6.07) is 3.86. The zero-order valence-electron chi connectivity index (χ0n) is 8.78. The number of nitriles is 1. The zero-order chi connectivity index (χ0) is 11.3. The summed E-state index contributed by atoms with van der Waals surface area (Å²) in [5.74, 6) is -0.407. The van der Waals surface area contributed by atoms with E-state index in [0.29, 0.717) is 18.4 Å². The summed E-state index contributed by atoms with van der Waals surface area (Å²) in [5, 5.41) is 8.50. The van der Waals surface area contributed by atoms with Gasteiger partial charge in [-0.2, -0.15) is 5.26 Å². The quantitative estimate of drug-likeness (QED) is 0.702. The van der Waals surface area contributed by atoms with E-state index in [-0.39, 0.29) is 0 Å². The van der Waals surface area contributed by atoms with Crippen molar-refractivity contribution in [3.8, 4) is 6.07 Å². The van der Waals surface area contributed by atoms with Gasteiger partial charge in [-0.05, 0) is 25.0 Å². The van der Waals surface area contributed by atoms with Crippen LogP contribution in [0.2, 0.25) is 0 Å². The Morgan fingerprint density at radius 2 is 2.40 bits per heavy atom. The average Bonchev–Trinajstić information content (AvgIpc) is 2.25. The maximum atomic E-state index is 11.4. The van der Waals surface area contributed by atoms with Crippen LogP contribution in [-0.2, 0) is 11.2 Å². The van der Waals surface area contributed by atoms with Gasteiger partial charge in [0.25, 0.3) is 0 Å². The van der Waals surface area contributed by atoms with E-state index in [2.05, 4.69) is 9.72 Å². The molecule has 0 bridgehead atoms. The zero-order valence-corrected chi connectivity index (χ0v) is 8.78. The lowest BCUT2D eigenvalue weighted by atomic mass is 10.0. The van der Waals surface area contributed by atoms with E-state index in [9.17, 15) is 4.79 Å². The Morgan fingerprint density at radius 1 is 1.67 bits per heavy atom. The summed E-state index contributed by atoms with van der Waals surface area (Å²) in [5.41, 5.74) is 2.09. The fourth-order valence-electron chi connectivity index (χ4n) is 1.31. The van der Waals surface area contributed by atoms with Gasteiger partial charge < -0.3 is 4.74 Å². The van der Waals surface area contributed by atoms with Crippen molar-refractivity contribution in [3.63, 3.8) is 0 Å². The predicted molar refractivity (Wildman–Crippen MR) is 54.2 cm³/mol. The van der Waals surface area contributed by atoms with Crippen molar-refractivity contribution in [1.29, 1.82) is 5.26 Å². The summed E-state index contributed by atoms with van der Waals surface area (Å²) in [4.78, 5) is 15.4. The molecule has 1 aromatic heterocycles. The molecule has 78 valence electrons. The number of ether oxygens (including phenoxy) is 1. The van der Waals surface area contributed by atoms with E-state index in [4.69, 9.17) is 5.26 Å². The van der Waals surface area contributed by atoms with E-state index in [1.165, 1.54) is 13.3 Å². The fraction of sp³-hybridized carbons (Fsp3) is 0.364. The van der Waals surface area contributed by atoms with Gasteiger partial charge in [-0.25, -0.2) is 4.79 Å². The number of hydrogen-bond donors (Lipinski definition) is 0. The third kappa shape index (κ3) is 2.78. The molecule has 0 aliphatic rings. The van der Waals surface area contributed by atoms with E-state index < -0.39 is 5.97 Å². The van der Waals surface area contributed by atoms with Gasteiger partial charge in [0, 0.05) is 18.3 Å². The first kappa shape index (κ1) is 11.2. The van der Waals surface area contributed by atoms with Gasteiger partial charge in [0.1, 0.15) is 0 Å². The Morgan fingerprint density at radius 3 is 3.00 bits per heavy atom. The number of carbonyl (C=O) groups excluding carboxylic acids is 1. The number of nitrogens with zero attached hydrogens (tertiary/aromatic N) is 2. The lowest BCUT2D eigenvalue weighted by Gasteiger charge is -2.06. The van der Waals surface area contributed by atoms with Crippen LogP contribution in [0.1, 0.15) is 28.0 Å². The summed E-state index contributed by atoms with van der Waals surface area (Å²) in [7, 11) is 1.33. The molecule has 15 heavy (non-hydrogen) atoms. The molecule has 0 radical (unpaired) electrons. The number of carbonyl (C=O) groups is 1. The summed E-state index contributed by atoms with van der Waals surface area (Å²) < 4.78 is 4.63. The van der Waals surface area contributed by atoms with Crippen molar-refractivity contribution < 1.29 is 9.53 Å². The van der Waals surface area contributed by atoms with Crippen LogP contribution >= 0.6 is 0 Å². The van der Waals surface area contributed by atoms with Crippen LogP contribution < -0.4 is 0 Å². The Balaban J connectivity index is 3.04. The molecule has 0 spiro atoms. The monoisotopic (exact) mass is 204 g/mol. The molecule has 1 rings (SSSR count). The largest absolute Gasteiger partial charge is 0.465 e. The van der Waals surface area contributed by atoms with Crippen molar-refractivity contribution in [2.45, 2.75) is 19.8 Å². The molecule has 0 fully saturated rings. The lowest BCUT2D eigenvalue weighted by molar-refractivity contribution is 0.0599. The van der Waals surface area contributed by atoms with Crippen molar-refractivity contribution in [1.82, 2.24) is 4.98 Å². The first-order valence-corrected chi connectivity index (χ1v) is 4.60. The Labute approximate surface area is 88.5 Å². The van der Waals surface area contributed by atoms with Gasteiger partial charge in [-0.15, -0.1) is 0 Å². The van der Waals surface area contributed by atoms with Crippen molar-refractivity contribution in [2.24, 2.45) is 0 Å². The van der Waals surface area contributed by atoms with Gasteiger partial charge >= 0.3 is 5.97 Å². The molecule has 0 N–H and O–H groups in total. The summed E-state index contributed by atoms with van der Waals surface area (Å²) in [6.45, 7) is 1.84. The minimum Gasteiger partial charge on any atom is -0.465 e. The Kier molecular flexibility index (Phi) is 3.81. The minimum absolute atomic E-state index is 0.382. The highest BCUT2D eigenvalue weighted by Crippen LogP contribution is 2.12. The highest BCUT2D eigenvalue weighted by molar-refractivity contribution is 5.90. The second-order valence-corrected chi connectivity index (χ2v) is 3.13. The van der Waals surface area contributed by atoms with Crippen LogP contribution in [-0.4, -0.2) is 18.1 Å². The molecular weight excluding hydrogens is 192 g/mol. The smallest absolute Gasteiger partial charge is 0.339 e. The van der Waals surface area contributed by atoms with Gasteiger partial charge in [-0.1, -0.05) is 0 Å². The van der Waals surface area contributed by atoms with E-state index in [1.54, 1.807) is 0 Å². The van der Waals surface area contributed by atoms with Gasteiger partial charge in [0.05, 0.1) is 18.7 Å².